The molecule has 0 amide bonds. The molecule has 2 aliphatic heterocycles. The summed E-state index contributed by atoms with van der Waals surface area (Å²) in [7, 11) is 0. The molecule has 1 aromatic rings. The number of benzene rings is 1. The van der Waals surface area contributed by atoms with Gasteiger partial charge in [0.25, 0.3) is 11.4 Å². The fourth-order valence-electron chi connectivity index (χ4n) is 3.99. The second-order valence-corrected chi connectivity index (χ2v) is 6.82. The van der Waals surface area contributed by atoms with Crippen molar-refractivity contribution < 1.29 is 19.4 Å². The topological polar surface area (TPSA) is 116 Å². The van der Waals surface area contributed by atoms with Gasteiger partial charge in [0.15, 0.2) is 0 Å². The molecular weight excluding hydrogens is 342 g/mol. The predicted molar refractivity (Wildman–Crippen MR) is 92.0 cm³/mol. The van der Waals surface area contributed by atoms with Crippen LogP contribution >= 0.6 is 0 Å². The third-order valence-corrected chi connectivity index (χ3v) is 5.27. The fraction of sp³-hybridized carbons (Fsp3) is 0.588. The Kier molecular flexibility index (Phi) is 5.46. The number of non-ortho nitro benzene ring substituents is 1. The lowest BCUT2D eigenvalue weighted by molar-refractivity contribution is -0.394. The van der Waals surface area contributed by atoms with Gasteiger partial charge in [-0.3, -0.25) is 25.1 Å². The molecule has 0 radical (unpaired) electrons. The summed E-state index contributed by atoms with van der Waals surface area (Å²) in [5.74, 6) is -0.579. The average Bonchev–Trinajstić information content (AvgIpc) is 2.65. The van der Waals surface area contributed by atoms with E-state index in [1.165, 1.54) is 12.8 Å². The normalized spacial score (nSPS) is 23.1. The number of hydrogen-bond donors (Lipinski definition) is 0. The van der Waals surface area contributed by atoms with Crippen molar-refractivity contribution in [1.29, 1.82) is 0 Å². The van der Waals surface area contributed by atoms with Crippen LogP contribution in [0.5, 0.6) is 0 Å². The monoisotopic (exact) mass is 363 g/mol. The van der Waals surface area contributed by atoms with Crippen LogP contribution < -0.4 is 0 Å². The highest BCUT2D eigenvalue weighted by Crippen LogP contribution is 2.31. The van der Waals surface area contributed by atoms with Crippen LogP contribution in [0, 0.1) is 26.1 Å². The molecule has 140 valence electrons. The molecule has 2 aliphatic rings. The Bertz CT molecular complexity index is 720. The first kappa shape index (κ1) is 18.2. The zero-order chi connectivity index (χ0) is 18.7. The van der Waals surface area contributed by atoms with Gasteiger partial charge >= 0.3 is 5.97 Å². The van der Waals surface area contributed by atoms with Crippen molar-refractivity contribution in [3.63, 3.8) is 0 Å². The van der Waals surface area contributed by atoms with Crippen LogP contribution in [0.25, 0.3) is 0 Å². The molecule has 0 aliphatic carbocycles. The standard InChI is InChI=1S/C17H21N3O6/c21-17(14-7-6-13(19(22)23)10-16(14)20(24)25)26-11-12-4-3-9-18-8-2-1-5-15(12)18/h6-7,10,12,15H,1-5,8-9,11H2. The Morgan fingerprint density at radius 1 is 1.12 bits per heavy atom. The molecule has 0 bridgehead atoms. The van der Waals surface area contributed by atoms with Crippen LogP contribution in [0.15, 0.2) is 18.2 Å². The van der Waals surface area contributed by atoms with Crippen LogP contribution in [0.4, 0.5) is 11.4 Å². The molecule has 2 unspecified atom stereocenters. The van der Waals surface area contributed by atoms with Crippen molar-refractivity contribution in [1.82, 2.24) is 4.90 Å². The minimum atomic E-state index is -0.806. The molecule has 0 aromatic heterocycles. The number of carbonyl (C=O) groups excluding carboxylic acids is 1. The molecule has 0 N–H and O–H groups in total. The van der Waals surface area contributed by atoms with E-state index in [0.717, 1.165) is 50.6 Å². The third-order valence-electron chi connectivity index (χ3n) is 5.27. The summed E-state index contributed by atoms with van der Waals surface area (Å²) in [4.78, 5) is 35.2. The van der Waals surface area contributed by atoms with Crippen molar-refractivity contribution >= 4 is 17.3 Å². The van der Waals surface area contributed by atoms with Gasteiger partial charge in [0.2, 0.25) is 0 Å². The maximum Gasteiger partial charge on any atom is 0.345 e. The molecule has 9 nitrogen and oxygen atoms in total. The molecule has 9 heteroatoms. The van der Waals surface area contributed by atoms with E-state index in [9.17, 15) is 25.0 Å². The lowest BCUT2D eigenvalue weighted by atomic mass is 9.84. The van der Waals surface area contributed by atoms with E-state index in [2.05, 4.69) is 4.90 Å². The van der Waals surface area contributed by atoms with Crippen LogP contribution in [0.2, 0.25) is 0 Å². The van der Waals surface area contributed by atoms with E-state index in [1.54, 1.807) is 0 Å². The first-order valence-corrected chi connectivity index (χ1v) is 8.81. The molecule has 2 heterocycles. The Labute approximate surface area is 150 Å². The van der Waals surface area contributed by atoms with Crippen molar-refractivity contribution in [2.45, 2.75) is 38.1 Å². The van der Waals surface area contributed by atoms with E-state index in [-0.39, 0.29) is 18.1 Å². The van der Waals surface area contributed by atoms with Gasteiger partial charge in [-0.15, -0.1) is 0 Å². The summed E-state index contributed by atoms with van der Waals surface area (Å²) < 4.78 is 5.37. The highest BCUT2D eigenvalue weighted by Gasteiger charge is 2.34. The highest BCUT2D eigenvalue weighted by atomic mass is 16.6. The molecule has 2 atom stereocenters. The summed E-state index contributed by atoms with van der Waals surface area (Å²) in [5, 5.41) is 21.9. The number of hydrogen-bond acceptors (Lipinski definition) is 7. The van der Waals surface area contributed by atoms with Crippen LogP contribution in [-0.2, 0) is 4.74 Å². The summed E-state index contributed by atoms with van der Waals surface area (Å²) >= 11 is 0. The van der Waals surface area contributed by atoms with E-state index in [0.29, 0.717) is 6.04 Å². The molecule has 0 saturated carbocycles. The van der Waals surface area contributed by atoms with E-state index in [1.807, 2.05) is 0 Å². The largest absolute Gasteiger partial charge is 0.462 e. The summed E-state index contributed by atoms with van der Waals surface area (Å²) in [6, 6.07) is 3.36. The Morgan fingerprint density at radius 2 is 1.88 bits per heavy atom. The third kappa shape index (κ3) is 3.82. The maximum atomic E-state index is 12.3. The number of nitro groups is 2. The minimum absolute atomic E-state index is 0.216. The first-order valence-electron chi connectivity index (χ1n) is 8.81. The number of nitro benzene ring substituents is 2. The van der Waals surface area contributed by atoms with Gasteiger partial charge in [-0.1, -0.05) is 6.42 Å². The first-order chi connectivity index (χ1) is 12.5. The van der Waals surface area contributed by atoms with Crippen LogP contribution in [-0.4, -0.2) is 46.5 Å². The van der Waals surface area contributed by atoms with Crippen LogP contribution in [0.3, 0.4) is 0 Å². The van der Waals surface area contributed by atoms with Gasteiger partial charge in [-0.05, 0) is 44.8 Å². The second kappa shape index (κ2) is 7.77. The van der Waals surface area contributed by atoms with Crippen molar-refractivity contribution in [2.24, 2.45) is 5.92 Å². The smallest absolute Gasteiger partial charge is 0.345 e. The average molecular weight is 363 g/mol. The van der Waals surface area contributed by atoms with Crippen molar-refractivity contribution in [2.75, 3.05) is 19.7 Å². The molecular formula is C17H21N3O6. The van der Waals surface area contributed by atoms with Gasteiger partial charge < -0.3 is 4.74 Å². The number of esters is 1. The summed E-state index contributed by atoms with van der Waals surface area (Å²) in [6.45, 7) is 2.36. The van der Waals surface area contributed by atoms with E-state index < -0.39 is 27.2 Å². The number of rotatable bonds is 5. The predicted octanol–water partition coefficient (Wildman–Crippen LogP) is 2.92. The lowest BCUT2D eigenvalue weighted by Crippen LogP contribution is -2.49. The lowest BCUT2D eigenvalue weighted by Gasteiger charge is -2.44. The minimum Gasteiger partial charge on any atom is -0.462 e. The summed E-state index contributed by atoms with van der Waals surface area (Å²) in [6.07, 6.45) is 5.46. The van der Waals surface area contributed by atoms with Gasteiger partial charge in [-0.2, -0.15) is 0 Å². The summed E-state index contributed by atoms with van der Waals surface area (Å²) in [5.41, 5.74) is -1.29. The van der Waals surface area contributed by atoms with Crippen molar-refractivity contribution in [3.8, 4) is 0 Å². The Morgan fingerprint density at radius 3 is 2.62 bits per heavy atom. The zero-order valence-electron chi connectivity index (χ0n) is 14.3. The van der Waals surface area contributed by atoms with Gasteiger partial charge in [0.1, 0.15) is 5.56 Å². The quantitative estimate of drug-likeness (QED) is 0.448. The fourth-order valence-corrected chi connectivity index (χ4v) is 3.99. The van der Waals surface area contributed by atoms with E-state index >= 15 is 0 Å². The van der Waals surface area contributed by atoms with Crippen molar-refractivity contribution in [3.05, 3.63) is 44.0 Å². The number of fused-ring (bicyclic) bond motifs is 1. The number of ether oxygens (including phenoxy) is 1. The maximum absolute atomic E-state index is 12.3. The Balaban J connectivity index is 1.70. The Hall–Kier alpha value is -2.55. The molecule has 2 fully saturated rings. The second-order valence-electron chi connectivity index (χ2n) is 6.82. The molecule has 3 rings (SSSR count). The van der Waals surface area contributed by atoms with Gasteiger partial charge in [0.05, 0.1) is 22.5 Å². The molecule has 2 saturated heterocycles. The van der Waals surface area contributed by atoms with E-state index in [4.69, 9.17) is 4.74 Å². The molecule has 1 aromatic carbocycles. The molecule has 26 heavy (non-hydrogen) atoms. The van der Waals surface area contributed by atoms with Gasteiger partial charge in [0, 0.05) is 18.0 Å². The van der Waals surface area contributed by atoms with Gasteiger partial charge in [-0.25, -0.2) is 4.79 Å². The SMILES string of the molecule is O=C(OCC1CCCN2CCCCC12)c1ccc([N+](=O)[O-])cc1[N+](=O)[O-]. The van der Waals surface area contributed by atoms with Crippen LogP contribution in [0.1, 0.15) is 42.5 Å². The zero-order valence-corrected chi connectivity index (χ0v) is 14.3. The number of piperidine rings is 2. The number of nitrogens with zero attached hydrogens (tertiary/aromatic N) is 3. The molecule has 0 spiro atoms. The highest BCUT2D eigenvalue weighted by molar-refractivity contribution is 5.94. The number of carbonyl (C=O) groups is 1.